The Balaban J connectivity index is 1.74. The normalized spacial score (nSPS) is 32.4. The molecule has 0 spiro atoms. The number of rotatable bonds is 4. The largest absolute Gasteiger partial charge is 0.316 e. The molecule has 1 unspecified atom stereocenters. The summed E-state index contributed by atoms with van der Waals surface area (Å²) in [5, 5.41) is 3.55. The van der Waals surface area contributed by atoms with E-state index in [4.69, 9.17) is 0 Å². The van der Waals surface area contributed by atoms with Gasteiger partial charge < -0.3 is 10.2 Å². The maximum absolute atomic E-state index is 3.55. The lowest BCUT2D eigenvalue weighted by molar-refractivity contribution is 0.140. The van der Waals surface area contributed by atoms with E-state index < -0.39 is 0 Å². The van der Waals surface area contributed by atoms with Crippen molar-refractivity contribution < 1.29 is 0 Å². The van der Waals surface area contributed by atoms with Gasteiger partial charge in [-0.3, -0.25) is 0 Å². The molecule has 0 bridgehead atoms. The fourth-order valence-electron chi connectivity index (χ4n) is 3.60. The molecule has 1 aliphatic heterocycles. The van der Waals surface area contributed by atoms with Crippen molar-refractivity contribution in [1.29, 1.82) is 0 Å². The zero-order valence-electron chi connectivity index (χ0n) is 11.1. The van der Waals surface area contributed by atoms with Crippen LogP contribution in [0, 0.1) is 11.3 Å². The van der Waals surface area contributed by atoms with Crippen molar-refractivity contribution >= 4 is 0 Å². The van der Waals surface area contributed by atoms with E-state index in [2.05, 4.69) is 24.2 Å². The summed E-state index contributed by atoms with van der Waals surface area (Å²) < 4.78 is 0. The minimum Gasteiger partial charge on any atom is -0.316 e. The first kappa shape index (κ1) is 12.4. The lowest BCUT2D eigenvalue weighted by Crippen LogP contribution is -2.45. The lowest BCUT2D eigenvalue weighted by Gasteiger charge is -2.38. The van der Waals surface area contributed by atoms with Crippen molar-refractivity contribution in [2.24, 2.45) is 11.3 Å². The Morgan fingerprint density at radius 3 is 2.62 bits per heavy atom. The molecule has 1 heterocycles. The highest BCUT2D eigenvalue weighted by molar-refractivity contribution is 4.84. The van der Waals surface area contributed by atoms with Crippen LogP contribution in [0.2, 0.25) is 0 Å². The maximum atomic E-state index is 3.55. The standard InChI is InChI=1S/C14H28N2/c1-14(8-5-9-15-11-14)12-16(2)10-13-6-3-4-7-13/h13,15H,3-12H2,1-2H3. The monoisotopic (exact) mass is 224 g/mol. The highest BCUT2D eigenvalue weighted by atomic mass is 15.1. The molecule has 1 atom stereocenters. The second-order valence-corrected chi connectivity index (χ2v) is 6.44. The Morgan fingerprint density at radius 1 is 1.25 bits per heavy atom. The van der Waals surface area contributed by atoms with Crippen LogP contribution in [0.25, 0.3) is 0 Å². The maximum Gasteiger partial charge on any atom is 0.00446 e. The average Bonchev–Trinajstić information content (AvgIpc) is 2.70. The highest BCUT2D eigenvalue weighted by Crippen LogP contribution is 2.29. The van der Waals surface area contributed by atoms with Gasteiger partial charge in [-0.15, -0.1) is 0 Å². The molecule has 1 saturated heterocycles. The summed E-state index contributed by atoms with van der Waals surface area (Å²) in [6.07, 6.45) is 8.63. The highest BCUT2D eigenvalue weighted by Gasteiger charge is 2.28. The van der Waals surface area contributed by atoms with Gasteiger partial charge in [0, 0.05) is 19.6 Å². The van der Waals surface area contributed by atoms with Crippen LogP contribution in [-0.4, -0.2) is 38.1 Å². The molecule has 0 aromatic carbocycles. The first-order valence-electron chi connectivity index (χ1n) is 7.07. The zero-order chi connectivity index (χ0) is 11.4. The molecule has 1 aliphatic carbocycles. The molecule has 2 fully saturated rings. The number of nitrogens with zero attached hydrogens (tertiary/aromatic N) is 1. The molecule has 0 aromatic heterocycles. The van der Waals surface area contributed by atoms with Gasteiger partial charge in [-0.05, 0) is 50.6 Å². The van der Waals surface area contributed by atoms with E-state index in [9.17, 15) is 0 Å². The number of hydrogen-bond donors (Lipinski definition) is 1. The summed E-state index contributed by atoms with van der Waals surface area (Å²) in [5.41, 5.74) is 0.519. The Hall–Kier alpha value is -0.0800. The summed E-state index contributed by atoms with van der Waals surface area (Å²) in [6.45, 7) is 7.49. The van der Waals surface area contributed by atoms with Crippen LogP contribution < -0.4 is 5.32 Å². The quantitative estimate of drug-likeness (QED) is 0.789. The molecule has 0 radical (unpaired) electrons. The van der Waals surface area contributed by atoms with Crippen LogP contribution in [0.5, 0.6) is 0 Å². The second-order valence-electron chi connectivity index (χ2n) is 6.44. The molecular formula is C14H28N2. The van der Waals surface area contributed by atoms with Gasteiger partial charge in [-0.2, -0.15) is 0 Å². The summed E-state index contributed by atoms with van der Waals surface area (Å²) in [7, 11) is 2.32. The summed E-state index contributed by atoms with van der Waals surface area (Å²) in [4.78, 5) is 2.59. The fraction of sp³-hybridized carbons (Fsp3) is 1.00. The molecule has 16 heavy (non-hydrogen) atoms. The van der Waals surface area contributed by atoms with E-state index in [-0.39, 0.29) is 0 Å². The van der Waals surface area contributed by atoms with E-state index >= 15 is 0 Å². The van der Waals surface area contributed by atoms with Crippen molar-refractivity contribution in [3.8, 4) is 0 Å². The van der Waals surface area contributed by atoms with Gasteiger partial charge in [0.15, 0.2) is 0 Å². The van der Waals surface area contributed by atoms with Gasteiger partial charge >= 0.3 is 0 Å². The molecule has 2 nitrogen and oxygen atoms in total. The Morgan fingerprint density at radius 2 is 2.00 bits per heavy atom. The number of piperidine rings is 1. The smallest absolute Gasteiger partial charge is 0.00446 e. The third-order valence-electron chi connectivity index (χ3n) is 4.38. The Labute approximate surface area is 101 Å². The van der Waals surface area contributed by atoms with Gasteiger partial charge in [0.05, 0.1) is 0 Å². The van der Waals surface area contributed by atoms with Gasteiger partial charge in [-0.25, -0.2) is 0 Å². The predicted molar refractivity (Wildman–Crippen MR) is 69.7 cm³/mol. The topological polar surface area (TPSA) is 15.3 Å². The van der Waals surface area contributed by atoms with Crippen molar-refractivity contribution in [2.45, 2.75) is 45.4 Å². The number of hydrogen-bond acceptors (Lipinski definition) is 2. The minimum atomic E-state index is 0.519. The molecule has 2 aliphatic rings. The van der Waals surface area contributed by atoms with Gasteiger partial charge in [-0.1, -0.05) is 19.8 Å². The Kier molecular flexibility index (Phi) is 4.26. The Bertz CT molecular complexity index is 203. The molecule has 0 aromatic rings. The fourth-order valence-corrected chi connectivity index (χ4v) is 3.60. The van der Waals surface area contributed by atoms with Crippen molar-refractivity contribution in [2.75, 3.05) is 33.2 Å². The first-order chi connectivity index (χ1) is 7.68. The molecular weight excluding hydrogens is 196 g/mol. The van der Waals surface area contributed by atoms with Gasteiger partial charge in [0.1, 0.15) is 0 Å². The van der Waals surface area contributed by atoms with Gasteiger partial charge in [0.25, 0.3) is 0 Å². The average molecular weight is 224 g/mol. The number of nitrogens with one attached hydrogen (secondary N) is 1. The molecule has 2 heteroatoms. The second kappa shape index (κ2) is 5.50. The van der Waals surface area contributed by atoms with E-state index in [1.165, 1.54) is 64.7 Å². The van der Waals surface area contributed by atoms with E-state index in [1.807, 2.05) is 0 Å². The van der Waals surface area contributed by atoms with Crippen LogP contribution in [-0.2, 0) is 0 Å². The SMILES string of the molecule is CN(CC1CCCC1)CC1(C)CCCNC1. The summed E-state index contributed by atoms with van der Waals surface area (Å²) in [6, 6.07) is 0. The molecule has 94 valence electrons. The summed E-state index contributed by atoms with van der Waals surface area (Å²) >= 11 is 0. The van der Waals surface area contributed by atoms with Crippen LogP contribution in [0.3, 0.4) is 0 Å². The van der Waals surface area contributed by atoms with E-state index in [0.717, 1.165) is 5.92 Å². The molecule has 1 saturated carbocycles. The van der Waals surface area contributed by atoms with Crippen molar-refractivity contribution in [1.82, 2.24) is 10.2 Å². The zero-order valence-corrected chi connectivity index (χ0v) is 11.1. The van der Waals surface area contributed by atoms with Crippen LogP contribution in [0.1, 0.15) is 45.4 Å². The van der Waals surface area contributed by atoms with Crippen molar-refractivity contribution in [3.63, 3.8) is 0 Å². The summed E-state index contributed by atoms with van der Waals surface area (Å²) in [5.74, 6) is 0.991. The third-order valence-corrected chi connectivity index (χ3v) is 4.38. The lowest BCUT2D eigenvalue weighted by atomic mass is 9.82. The first-order valence-corrected chi connectivity index (χ1v) is 7.07. The van der Waals surface area contributed by atoms with Crippen LogP contribution in [0.15, 0.2) is 0 Å². The molecule has 0 amide bonds. The van der Waals surface area contributed by atoms with E-state index in [0.29, 0.717) is 5.41 Å². The van der Waals surface area contributed by atoms with Crippen LogP contribution >= 0.6 is 0 Å². The van der Waals surface area contributed by atoms with Crippen molar-refractivity contribution in [3.05, 3.63) is 0 Å². The predicted octanol–water partition coefficient (Wildman–Crippen LogP) is 2.50. The minimum absolute atomic E-state index is 0.519. The van der Waals surface area contributed by atoms with Gasteiger partial charge in [0.2, 0.25) is 0 Å². The molecule has 2 rings (SSSR count). The van der Waals surface area contributed by atoms with Crippen LogP contribution in [0.4, 0.5) is 0 Å². The van der Waals surface area contributed by atoms with E-state index in [1.54, 1.807) is 0 Å². The third kappa shape index (κ3) is 3.46. The molecule has 1 N–H and O–H groups in total.